The van der Waals surface area contributed by atoms with Crippen LogP contribution in [0.15, 0.2) is 190 Å². The van der Waals surface area contributed by atoms with Crippen molar-refractivity contribution in [2.75, 3.05) is 101 Å². The first-order valence-electron chi connectivity index (χ1n) is 38.3. The number of hydrogen-bond donors (Lipinski definition) is 2. The maximum atomic E-state index is 12.9. The molecular weight excluding hydrogens is 1440 g/mol. The maximum Gasteiger partial charge on any atom is 0.258 e. The van der Waals surface area contributed by atoms with Crippen molar-refractivity contribution in [3.63, 3.8) is 0 Å². The van der Waals surface area contributed by atoms with Gasteiger partial charge in [0.1, 0.15) is 39.7 Å². The number of piperidine rings is 1. The lowest BCUT2D eigenvalue weighted by molar-refractivity contribution is 0.255. The van der Waals surface area contributed by atoms with E-state index in [1.807, 2.05) is 144 Å². The van der Waals surface area contributed by atoms with Gasteiger partial charge in [-0.2, -0.15) is 15.3 Å². The quantitative estimate of drug-likeness (QED) is 0.143. The van der Waals surface area contributed by atoms with E-state index in [2.05, 4.69) is 132 Å². The molecule has 19 heterocycles. The zero-order valence-corrected chi connectivity index (χ0v) is 65.3. The Morgan fingerprint density at radius 1 is 0.398 bits per heavy atom. The van der Waals surface area contributed by atoms with Gasteiger partial charge in [0.25, 0.3) is 22.2 Å². The van der Waals surface area contributed by atoms with Crippen LogP contribution >= 0.6 is 11.3 Å². The summed E-state index contributed by atoms with van der Waals surface area (Å²) >= 11 is 1.66. The smallest absolute Gasteiger partial charge is 0.258 e. The summed E-state index contributed by atoms with van der Waals surface area (Å²) in [5.41, 5.74) is 18.1. The Kier molecular flexibility index (Phi) is 20.0. The van der Waals surface area contributed by atoms with Gasteiger partial charge in [0.15, 0.2) is 0 Å². The number of nitrogens with one attached hydrogen (secondary N) is 2. The van der Waals surface area contributed by atoms with E-state index in [4.69, 9.17) is 4.98 Å². The summed E-state index contributed by atoms with van der Waals surface area (Å²) in [6.45, 7) is 25.0. The lowest BCUT2D eigenvalue weighted by Crippen LogP contribution is -2.54. The molecule has 4 aliphatic rings. The molecule has 2 N–H and O–H groups in total. The highest BCUT2D eigenvalue weighted by molar-refractivity contribution is 7.18. The minimum Gasteiger partial charge on any atom is -0.368 e. The summed E-state index contributed by atoms with van der Waals surface area (Å²) < 4.78 is 12.9. The number of likely N-dealkylation sites (tertiary alicyclic amines) is 1. The predicted molar refractivity (Wildman–Crippen MR) is 442 cm³/mol. The van der Waals surface area contributed by atoms with Crippen molar-refractivity contribution < 1.29 is 0 Å². The molecule has 0 radical (unpaired) electrons. The molecule has 0 saturated carbocycles. The molecule has 4 aliphatic heterocycles. The number of piperazine rings is 3. The molecule has 0 spiro atoms. The third-order valence-electron chi connectivity index (χ3n) is 21.3. The molecule has 30 heteroatoms. The number of nitrogens with zero attached hydrogens (tertiary/aromatic N) is 23. The molecule has 4 fully saturated rings. The molecule has 574 valence electrons. The number of hydrogen-bond acceptors (Lipinski definition) is 23. The van der Waals surface area contributed by atoms with Gasteiger partial charge in [0.2, 0.25) is 0 Å². The SMILES string of the molecule is Cc1cn2nc(-c3cc(=O)n4cc(N5CCN(C)CC5)ccc4n3)cc2cn1.Cc1cn2nc(-c3cc(=O)n4cc(N5CCN[C@@H](C)C5)ccc4n3)cc2cn1.Cc1cn2nc(-c3cc(=O)n4cc(N5C[C@@H](C)N[C@@H](C)C5)ccc4n3)cc2cn1.Cc1nc2ccc(-c3cc(=O)n4cc(C5CCN(C)CC5)ccc4n3)cc2s1. The van der Waals surface area contributed by atoms with Gasteiger partial charge in [0.05, 0.1) is 126 Å². The minimum absolute atomic E-state index is 0.0321. The fourth-order valence-electron chi connectivity index (χ4n) is 15.4. The third kappa shape index (κ3) is 15.7. The Bertz CT molecular complexity index is 6430. The van der Waals surface area contributed by atoms with Crippen molar-refractivity contribution in [3.8, 4) is 45.4 Å². The molecule has 4 saturated heterocycles. The largest absolute Gasteiger partial charge is 0.368 e. The van der Waals surface area contributed by atoms with E-state index in [1.165, 1.54) is 5.56 Å². The fourth-order valence-corrected chi connectivity index (χ4v) is 16.3. The molecular formula is C83H87N25O4S. The van der Waals surface area contributed by atoms with Gasteiger partial charge in [0, 0.05) is 132 Å². The first-order valence-corrected chi connectivity index (χ1v) is 39.1. The molecule has 0 amide bonds. The van der Waals surface area contributed by atoms with E-state index in [-0.39, 0.29) is 22.2 Å². The van der Waals surface area contributed by atoms with Crippen LogP contribution in [0.5, 0.6) is 0 Å². The summed E-state index contributed by atoms with van der Waals surface area (Å²) in [5.74, 6) is 0.518. The lowest BCUT2D eigenvalue weighted by atomic mass is 9.91. The predicted octanol–water partition coefficient (Wildman–Crippen LogP) is 8.96. The highest BCUT2D eigenvalue weighted by atomic mass is 32.1. The van der Waals surface area contributed by atoms with Crippen LogP contribution in [-0.2, 0) is 0 Å². The van der Waals surface area contributed by atoms with Crippen LogP contribution in [0.25, 0.3) is 94.8 Å². The van der Waals surface area contributed by atoms with Gasteiger partial charge < -0.3 is 35.1 Å². The topological polar surface area (TPSA) is 281 Å². The average Bonchev–Trinajstić information content (AvgIpc) is 1.47. The van der Waals surface area contributed by atoms with Gasteiger partial charge in [-0.05, 0) is 173 Å². The number of anilines is 3. The number of aryl methyl sites for hydroxylation is 4. The number of pyridine rings is 4. The molecule has 20 rings (SSSR count). The van der Waals surface area contributed by atoms with Gasteiger partial charge in [-0.15, -0.1) is 11.3 Å². The van der Waals surface area contributed by atoms with Gasteiger partial charge in [-0.1, -0.05) is 12.1 Å². The summed E-state index contributed by atoms with van der Waals surface area (Å²) in [4.78, 5) is 98.9. The standard InChI is InChI=1S/C22H22N4OS.C21H23N7O.2C20H21N7O/c1-14-23-18-5-3-16(11-20(18)28-14)19-12-22(27)26-13-17(4-6-21(26)24-19)15-7-9-25(2)10-8-15;1-13-11-28-17(8-22-13)6-19(25-28)18-7-21(29)27-12-16(4-5-20(27)24-18)26-9-14(2)23-15(3)10-26;1-14-12-27-16(11-21-14)9-18(23-27)17-10-20(28)26-13-15(3-4-19(26)22-17)25-7-5-24(2)6-8-25;1-13-10-25(6-5-21-13)15-3-4-19-23-17(8-20(28)26(19)12-15)18-7-16-9-22-14(2)11-27(16)24-18/h3-6,11-13,15H,7-10H2,1-2H3;4-8,11-12,14-15,23H,9-10H2,1-3H3;3-4,9-13H,5-8H2,1-2H3;3-4,7-9,11-13,21H,5-6,10H2,1-2H3/t;14-,15+;;13-/m...0/s1. The van der Waals surface area contributed by atoms with Crippen molar-refractivity contribution in [1.29, 1.82) is 0 Å². The molecule has 16 aromatic rings. The van der Waals surface area contributed by atoms with E-state index in [0.29, 0.717) is 86.5 Å². The Morgan fingerprint density at radius 3 is 1.31 bits per heavy atom. The summed E-state index contributed by atoms with van der Waals surface area (Å²) in [6, 6.07) is 35.2. The van der Waals surface area contributed by atoms with Crippen molar-refractivity contribution in [3.05, 3.63) is 240 Å². The monoisotopic (exact) mass is 1530 g/mol. The molecule has 15 aromatic heterocycles. The van der Waals surface area contributed by atoms with E-state index < -0.39 is 0 Å². The van der Waals surface area contributed by atoms with Crippen molar-refractivity contribution >= 4 is 77.8 Å². The molecule has 0 aliphatic carbocycles. The zero-order chi connectivity index (χ0) is 77.9. The van der Waals surface area contributed by atoms with Gasteiger partial charge in [-0.25, -0.2) is 38.5 Å². The van der Waals surface area contributed by atoms with Crippen LogP contribution < -0.4 is 47.6 Å². The summed E-state index contributed by atoms with van der Waals surface area (Å²) in [5, 5.41) is 21.6. The molecule has 29 nitrogen and oxygen atoms in total. The van der Waals surface area contributed by atoms with Crippen LogP contribution in [-0.4, -0.2) is 200 Å². The zero-order valence-electron chi connectivity index (χ0n) is 64.5. The van der Waals surface area contributed by atoms with E-state index in [1.54, 1.807) is 85.3 Å². The number of benzene rings is 1. The Labute approximate surface area is 652 Å². The number of rotatable bonds is 8. The molecule has 0 bridgehead atoms. The number of thiazole rings is 1. The van der Waals surface area contributed by atoms with Crippen LogP contribution in [0, 0.1) is 27.7 Å². The Balaban J connectivity index is 0.000000109. The number of fused-ring (bicyclic) bond motifs is 8. The second-order valence-corrected chi connectivity index (χ2v) is 31.4. The van der Waals surface area contributed by atoms with Gasteiger partial charge >= 0.3 is 0 Å². The van der Waals surface area contributed by atoms with E-state index in [9.17, 15) is 19.2 Å². The normalized spacial score (nSPS) is 17.3. The molecule has 113 heavy (non-hydrogen) atoms. The molecule has 3 atom stereocenters. The van der Waals surface area contributed by atoms with E-state index in [0.717, 1.165) is 156 Å². The van der Waals surface area contributed by atoms with Crippen molar-refractivity contribution in [1.82, 2.24) is 107 Å². The Morgan fingerprint density at radius 2 is 0.823 bits per heavy atom. The second-order valence-electron chi connectivity index (χ2n) is 30.2. The first-order chi connectivity index (χ1) is 54.6. The first kappa shape index (κ1) is 73.5. The molecule has 0 unspecified atom stereocenters. The van der Waals surface area contributed by atoms with Crippen molar-refractivity contribution in [2.45, 2.75) is 85.4 Å². The van der Waals surface area contributed by atoms with Crippen LogP contribution in [0.3, 0.4) is 0 Å². The van der Waals surface area contributed by atoms with Crippen LogP contribution in [0.2, 0.25) is 0 Å². The van der Waals surface area contributed by atoms with Crippen LogP contribution in [0.1, 0.15) is 67.2 Å². The third-order valence-corrected chi connectivity index (χ3v) is 22.3. The number of aromatic nitrogens is 18. The number of likely N-dealkylation sites (N-methyl/N-ethyl adjacent to an activating group) is 1. The van der Waals surface area contributed by atoms with Gasteiger partial charge in [-0.3, -0.25) is 51.7 Å². The average molecular weight is 1530 g/mol. The van der Waals surface area contributed by atoms with Crippen LogP contribution in [0.4, 0.5) is 17.1 Å². The molecule has 1 aromatic carbocycles. The highest BCUT2D eigenvalue weighted by Crippen LogP contribution is 2.31. The highest BCUT2D eigenvalue weighted by Gasteiger charge is 2.25. The Hall–Kier alpha value is -12.4. The fraction of sp³-hybridized carbons (Fsp3) is 0.313. The lowest BCUT2D eigenvalue weighted by Gasteiger charge is -2.37. The second kappa shape index (κ2) is 30.7. The summed E-state index contributed by atoms with van der Waals surface area (Å²) in [6.07, 6.45) is 20.8. The minimum atomic E-state index is -0.116. The summed E-state index contributed by atoms with van der Waals surface area (Å²) in [7, 11) is 4.29. The van der Waals surface area contributed by atoms with Crippen molar-refractivity contribution in [2.24, 2.45) is 0 Å². The maximum absolute atomic E-state index is 12.9. The van der Waals surface area contributed by atoms with E-state index >= 15 is 0 Å².